The average molecular weight is 875 g/mol. The zero-order valence-electron chi connectivity index (χ0n) is 37.7. The summed E-state index contributed by atoms with van der Waals surface area (Å²) in [5.74, 6) is -0.0750. The van der Waals surface area contributed by atoms with Crippen LogP contribution in [0.15, 0.2) is 42.7 Å². The molecule has 3 aliphatic heterocycles. The molecule has 16 heteroatoms. The lowest BCUT2D eigenvalue weighted by molar-refractivity contribution is -0.164. The fraction of sp³-hybridized carbons (Fsp3) is 0.542. The van der Waals surface area contributed by atoms with Gasteiger partial charge in [0.15, 0.2) is 0 Å². The molecule has 2 saturated heterocycles. The molecule has 1 atom stereocenters. The van der Waals surface area contributed by atoms with Gasteiger partial charge in [-0.1, -0.05) is 27.7 Å². The molecule has 2 saturated carbocycles. The van der Waals surface area contributed by atoms with E-state index in [4.69, 9.17) is 14.2 Å². The Balaban J connectivity index is 0.803. The van der Waals surface area contributed by atoms with Gasteiger partial charge in [-0.2, -0.15) is 5.26 Å². The summed E-state index contributed by atoms with van der Waals surface area (Å²) in [6, 6.07) is 10.1. The summed E-state index contributed by atoms with van der Waals surface area (Å²) in [7, 11) is 1.71. The van der Waals surface area contributed by atoms with E-state index >= 15 is 0 Å². The van der Waals surface area contributed by atoms with Gasteiger partial charge in [0.2, 0.25) is 17.8 Å². The highest BCUT2D eigenvalue weighted by Gasteiger charge is 2.64. The van der Waals surface area contributed by atoms with E-state index in [0.717, 1.165) is 73.6 Å². The van der Waals surface area contributed by atoms with E-state index < -0.39 is 29.7 Å². The summed E-state index contributed by atoms with van der Waals surface area (Å²) in [5, 5.41) is 15.0. The topological polar surface area (TPSA) is 196 Å². The molecule has 5 aliphatic rings. The van der Waals surface area contributed by atoms with Gasteiger partial charge in [0.1, 0.15) is 29.7 Å². The molecule has 2 aromatic carbocycles. The number of carbonyl (C=O) groups is 5. The van der Waals surface area contributed by atoms with Gasteiger partial charge < -0.3 is 24.4 Å². The van der Waals surface area contributed by atoms with Crippen LogP contribution in [0.1, 0.15) is 114 Å². The summed E-state index contributed by atoms with van der Waals surface area (Å²) in [6.45, 7) is 16.2. The third kappa shape index (κ3) is 8.43. The Morgan fingerprint density at radius 1 is 0.922 bits per heavy atom. The normalized spacial score (nSPS) is 25.0. The van der Waals surface area contributed by atoms with Crippen molar-refractivity contribution >= 4 is 35.5 Å². The summed E-state index contributed by atoms with van der Waals surface area (Å²) >= 11 is 0. The molecule has 8 rings (SSSR count). The maximum atomic E-state index is 13.6. The van der Waals surface area contributed by atoms with Gasteiger partial charge in [-0.25, -0.2) is 9.97 Å². The largest absolute Gasteiger partial charge is 0.490 e. The zero-order chi connectivity index (χ0) is 45.7. The summed E-state index contributed by atoms with van der Waals surface area (Å²) in [4.78, 5) is 79.0. The molecule has 5 amide bonds. The monoisotopic (exact) mass is 874 g/mol. The lowest BCUT2D eigenvalue weighted by Gasteiger charge is -2.63. The first kappa shape index (κ1) is 44.7. The minimum absolute atomic E-state index is 0.0537. The fourth-order valence-electron chi connectivity index (χ4n) is 10.8. The van der Waals surface area contributed by atoms with Gasteiger partial charge in [0, 0.05) is 87.9 Å². The molecule has 4 fully saturated rings. The molecule has 0 spiro atoms. The van der Waals surface area contributed by atoms with Crippen LogP contribution in [0.4, 0.5) is 5.95 Å². The molecular formula is C48H58N8O8. The predicted octanol–water partition coefficient (Wildman–Crippen LogP) is 4.75. The SMILES string of the molecule is COCCN(CC1CCN(c2ncc(C(=O)NC3C(C)(C)C(Oc4cc(C)c(C#N)c(C)c4)C3(C)C)cn2)CC1)C1CC(Oc2ccc3c(c2)C(=O)N([C@@H]2CCC(=O)NC2=O)C3=O)C1. The number of benzene rings is 2. The molecule has 1 aromatic heterocycles. The lowest BCUT2D eigenvalue weighted by Crippen LogP contribution is -2.74. The van der Waals surface area contributed by atoms with Crippen molar-refractivity contribution in [3.63, 3.8) is 0 Å². The van der Waals surface area contributed by atoms with Gasteiger partial charge in [0.25, 0.3) is 17.7 Å². The first-order valence-corrected chi connectivity index (χ1v) is 22.3. The number of rotatable bonds is 14. The van der Waals surface area contributed by atoms with Crippen LogP contribution in [-0.4, -0.2) is 120 Å². The van der Waals surface area contributed by atoms with Crippen molar-refractivity contribution in [2.45, 2.75) is 110 Å². The summed E-state index contributed by atoms with van der Waals surface area (Å²) in [5.41, 5.74) is 2.52. The average Bonchev–Trinajstić information content (AvgIpc) is 3.49. The number of amides is 5. The van der Waals surface area contributed by atoms with Gasteiger partial charge in [-0.3, -0.25) is 39.1 Å². The molecule has 4 heterocycles. The number of fused-ring (bicyclic) bond motifs is 1. The number of hydrogen-bond donors (Lipinski definition) is 2. The van der Waals surface area contributed by atoms with Crippen molar-refractivity contribution in [2.24, 2.45) is 16.7 Å². The number of imide groups is 2. The maximum Gasteiger partial charge on any atom is 0.262 e. The van der Waals surface area contributed by atoms with E-state index in [9.17, 15) is 29.2 Å². The molecular weight excluding hydrogens is 817 g/mol. The van der Waals surface area contributed by atoms with Gasteiger partial charge in [-0.15, -0.1) is 0 Å². The van der Waals surface area contributed by atoms with E-state index in [2.05, 4.69) is 64.2 Å². The molecule has 3 aromatic rings. The van der Waals surface area contributed by atoms with E-state index in [1.807, 2.05) is 26.0 Å². The van der Waals surface area contributed by atoms with E-state index in [0.29, 0.717) is 41.4 Å². The van der Waals surface area contributed by atoms with Crippen LogP contribution in [0.3, 0.4) is 0 Å². The Morgan fingerprint density at radius 3 is 2.20 bits per heavy atom. The zero-order valence-corrected chi connectivity index (χ0v) is 37.7. The third-order valence-electron chi connectivity index (χ3n) is 14.2. The van der Waals surface area contributed by atoms with Crippen molar-refractivity contribution in [2.75, 3.05) is 44.8 Å². The quantitative estimate of drug-likeness (QED) is 0.211. The summed E-state index contributed by atoms with van der Waals surface area (Å²) < 4.78 is 18.3. The van der Waals surface area contributed by atoms with E-state index in [-0.39, 0.29) is 59.0 Å². The second-order valence-electron chi connectivity index (χ2n) is 19.3. The standard InChI is InChI=1S/C48H58N8O8/c1-27-18-33(19-28(2)37(27)23-49)64-45-47(3,4)44(48(45,5)6)53-40(58)30-24-50-46(51-25-30)54-14-12-29(13-15-54)26-55(16-17-62-7)31-20-34(21-31)63-32-8-9-35-36(22-32)43(61)56(42(35)60)38-10-11-39(57)52-41(38)59/h8-9,18-19,22,24-25,29,31,34,38,44-45H,10-17,20-21,26H2,1-7H3,(H,53,58)(H,52,57,59)/t31?,34?,38-,44?,45?/m1/s1. The Morgan fingerprint density at radius 2 is 1.58 bits per heavy atom. The Bertz CT molecular complexity index is 2340. The van der Waals surface area contributed by atoms with Crippen LogP contribution in [0.2, 0.25) is 0 Å². The Labute approximate surface area is 374 Å². The highest BCUT2D eigenvalue weighted by atomic mass is 16.5. The number of aryl methyl sites for hydroxylation is 2. The molecule has 64 heavy (non-hydrogen) atoms. The first-order valence-electron chi connectivity index (χ1n) is 22.3. The molecule has 2 aliphatic carbocycles. The van der Waals surface area contributed by atoms with Gasteiger partial charge >= 0.3 is 0 Å². The predicted molar refractivity (Wildman–Crippen MR) is 235 cm³/mol. The van der Waals surface area contributed by atoms with Crippen molar-refractivity contribution < 1.29 is 38.2 Å². The van der Waals surface area contributed by atoms with Crippen LogP contribution in [0.25, 0.3) is 0 Å². The van der Waals surface area contributed by atoms with Crippen molar-refractivity contribution in [3.8, 4) is 17.6 Å². The van der Waals surface area contributed by atoms with Crippen molar-refractivity contribution in [3.05, 3.63) is 76.1 Å². The maximum absolute atomic E-state index is 13.6. The Hall–Kier alpha value is -5.92. The second kappa shape index (κ2) is 17.6. The molecule has 338 valence electrons. The first-order chi connectivity index (χ1) is 30.5. The molecule has 16 nitrogen and oxygen atoms in total. The number of nitriles is 1. The van der Waals surface area contributed by atoms with Gasteiger partial charge in [0.05, 0.1) is 34.9 Å². The highest BCUT2D eigenvalue weighted by Crippen LogP contribution is 2.55. The number of hydrogen-bond acceptors (Lipinski definition) is 13. The number of carbonyl (C=O) groups excluding carboxylic acids is 5. The second-order valence-corrected chi connectivity index (χ2v) is 19.3. The number of nitrogens with zero attached hydrogens (tertiary/aromatic N) is 6. The minimum Gasteiger partial charge on any atom is -0.490 e. The van der Waals surface area contributed by atoms with E-state index in [1.165, 1.54) is 0 Å². The Kier molecular flexibility index (Phi) is 12.3. The number of aromatic nitrogens is 2. The lowest BCUT2D eigenvalue weighted by atomic mass is 9.49. The van der Waals surface area contributed by atoms with Crippen LogP contribution in [-0.2, 0) is 14.3 Å². The number of nitrogens with one attached hydrogen (secondary N) is 2. The number of ether oxygens (including phenoxy) is 3. The number of piperidine rings is 2. The van der Waals surface area contributed by atoms with Crippen LogP contribution in [0, 0.1) is 41.9 Å². The van der Waals surface area contributed by atoms with Crippen molar-refractivity contribution in [1.82, 2.24) is 30.4 Å². The smallest absolute Gasteiger partial charge is 0.262 e. The van der Waals surface area contributed by atoms with Crippen LogP contribution in [0.5, 0.6) is 11.5 Å². The molecule has 2 N–H and O–H groups in total. The molecule has 0 bridgehead atoms. The number of methoxy groups -OCH3 is 1. The van der Waals surface area contributed by atoms with Crippen LogP contribution >= 0.6 is 0 Å². The molecule has 0 unspecified atom stereocenters. The molecule has 0 radical (unpaired) electrons. The fourth-order valence-corrected chi connectivity index (χ4v) is 10.8. The number of anilines is 1. The van der Waals surface area contributed by atoms with Crippen molar-refractivity contribution in [1.29, 1.82) is 5.26 Å². The highest BCUT2D eigenvalue weighted by molar-refractivity contribution is 6.23. The van der Waals surface area contributed by atoms with E-state index in [1.54, 1.807) is 37.7 Å². The minimum atomic E-state index is -1.01. The summed E-state index contributed by atoms with van der Waals surface area (Å²) in [6.07, 6.45) is 6.72. The van der Waals surface area contributed by atoms with Crippen LogP contribution < -0.4 is 25.0 Å². The van der Waals surface area contributed by atoms with Gasteiger partial charge in [-0.05, 0) is 80.5 Å². The third-order valence-corrected chi connectivity index (χ3v) is 14.2.